The van der Waals surface area contributed by atoms with E-state index in [1.54, 1.807) is 0 Å². The van der Waals surface area contributed by atoms with Crippen molar-refractivity contribution in [1.82, 2.24) is 0 Å². The number of unbranched alkanes of at least 4 members (excludes halogenated alkanes) is 13. The smallest absolute Gasteiger partial charge is 0.0279 e. The number of hydrogen-bond donors (Lipinski definition) is 0. The number of benzene rings is 1. The zero-order valence-electron chi connectivity index (χ0n) is 16.9. The van der Waals surface area contributed by atoms with Crippen LogP contribution in [0.2, 0.25) is 0 Å². The highest BCUT2D eigenvalue weighted by molar-refractivity contribution is 5.14. The number of aryl methyl sites for hydroxylation is 1. The maximum atomic E-state index is 2.42. The van der Waals surface area contributed by atoms with E-state index in [0.29, 0.717) is 0 Å². The highest BCUT2D eigenvalue weighted by atomic mass is 14.0. The summed E-state index contributed by atoms with van der Waals surface area (Å²) in [6.45, 7) is 2.29. The Labute approximate surface area is 158 Å². The molecule has 0 unspecified atom stereocenters. The molecule has 0 nitrogen and oxygen atoms in total. The van der Waals surface area contributed by atoms with Crippen LogP contribution in [0.15, 0.2) is 42.5 Å². The highest BCUT2D eigenvalue weighted by Gasteiger charge is 1.94. The van der Waals surface area contributed by atoms with Gasteiger partial charge in [-0.05, 0) is 44.1 Å². The van der Waals surface area contributed by atoms with Crippen LogP contribution in [0, 0.1) is 0 Å². The Morgan fingerprint density at radius 3 is 1.60 bits per heavy atom. The first-order valence-electron chi connectivity index (χ1n) is 11.1. The lowest BCUT2D eigenvalue weighted by atomic mass is 10.0. The van der Waals surface area contributed by atoms with Gasteiger partial charge in [-0.3, -0.25) is 0 Å². The van der Waals surface area contributed by atoms with Gasteiger partial charge in [0, 0.05) is 0 Å². The molecular formula is C25H42. The summed E-state index contributed by atoms with van der Waals surface area (Å²) in [4.78, 5) is 0. The first-order chi connectivity index (χ1) is 12.4. The fourth-order valence-corrected chi connectivity index (χ4v) is 3.40. The van der Waals surface area contributed by atoms with E-state index in [1.165, 1.54) is 108 Å². The van der Waals surface area contributed by atoms with Crippen molar-refractivity contribution in [3.05, 3.63) is 48.0 Å². The molecule has 0 aliphatic rings. The predicted molar refractivity (Wildman–Crippen MR) is 114 cm³/mol. The second kappa shape index (κ2) is 17.8. The van der Waals surface area contributed by atoms with Crippen LogP contribution in [0.5, 0.6) is 0 Å². The molecule has 0 heterocycles. The molecule has 142 valence electrons. The topological polar surface area (TPSA) is 0 Å². The Hall–Kier alpha value is -1.04. The summed E-state index contributed by atoms with van der Waals surface area (Å²) < 4.78 is 0. The van der Waals surface area contributed by atoms with Gasteiger partial charge in [-0.1, -0.05) is 114 Å². The Kier molecular flexibility index (Phi) is 15.6. The molecule has 0 aliphatic carbocycles. The normalized spacial score (nSPS) is 11.4. The van der Waals surface area contributed by atoms with Gasteiger partial charge in [-0.25, -0.2) is 0 Å². The summed E-state index contributed by atoms with van der Waals surface area (Å²) in [6, 6.07) is 10.9. The van der Waals surface area contributed by atoms with Crippen LogP contribution in [-0.2, 0) is 6.42 Å². The molecular weight excluding hydrogens is 300 g/mol. The van der Waals surface area contributed by atoms with Crippen molar-refractivity contribution in [3.8, 4) is 0 Å². The van der Waals surface area contributed by atoms with Crippen LogP contribution < -0.4 is 0 Å². The summed E-state index contributed by atoms with van der Waals surface area (Å²) in [5.41, 5.74) is 1.50. The number of hydrogen-bond acceptors (Lipinski definition) is 0. The summed E-state index contributed by atoms with van der Waals surface area (Å²) in [7, 11) is 0. The molecule has 0 N–H and O–H groups in total. The van der Waals surface area contributed by atoms with Crippen molar-refractivity contribution < 1.29 is 0 Å². The lowest BCUT2D eigenvalue weighted by Gasteiger charge is -2.02. The van der Waals surface area contributed by atoms with Crippen molar-refractivity contribution in [1.29, 1.82) is 0 Å². The molecule has 0 aliphatic heterocycles. The Morgan fingerprint density at radius 1 is 0.560 bits per heavy atom. The Morgan fingerprint density at radius 2 is 1.04 bits per heavy atom. The maximum absolute atomic E-state index is 2.42. The third-order valence-electron chi connectivity index (χ3n) is 5.07. The largest absolute Gasteiger partial charge is 0.0885 e. The lowest BCUT2D eigenvalue weighted by molar-refractivity contribution is 0.581. The van der Waals surface area contributed by atoms with E-state index in [9.17, 15) is 0 Å². The fourth-order valence-electron chi connectivity index (χ4n) is 3.40. The Balaban J connectivity index is 1.75. The van der Waals surface area contributed by atoms with E-state index < -0.39 is 0 Å². The van der Waals surface area contributed by atoms with Crippen LogP contribution in [0.25, 0.3) is 0 Å². The molecule has 0 spiro atoms. The quantitative estimate of drug-likeness (QED) is 0.196. The van der Waals surface area contributed by atoms with Gasteiger partial charge in [-0.2, -0.15) is 0 Å². The molecule has 0 radical (unpaired) electrons. The third-order valence-corrected chi connectivity index (χ3v) is 5.07. The van der Waals surface area contributed by atoms with Crippen molar-refractivity contribution in [2.45, 2.75) is 110 Å². The standard InChI is InChI=1S/C25H42/c1-2-3-4-5-6-7-8-9-10-11-12-13-14-15-16-17-19-22-25-23-20-18-21-24-25/h9-10,18,20-21,23-24H,2-8,11-17,19,22H2,1H3/b10-9-. The first-order valence-corrected chi connectivity index (χ1v) is 11.1. The molecule has 0 saturated carbocycles. The van der Waals surface area contributed by atoms with Crippen molar-refractivity contribution in [2.75, 3.05) is 0 Å². The zero-order valence-corrected chi connectivity index (χ0v) is 16.9. The van der Waals surface area contributed by atoms with E-state index in [2.05, 4.69) is 49.4 Å². The van der Waals surface area contributed by atoms with Gasteiger partial charge in [-0.15, -0.1) is 0 Å². The van der Waals surface area contributed by atoms with Crippen LogP contribution in [0.1, 0.15) is 109 Å². The van der Waals surface area contributed by atoms with Gasteiger partial charge in [0.1, 0.15) is 0 Å². The molecule has 25 heavy (non-hydrogen) atoms. The minimum absolute atomic E-state index is 1.25. The summed E-state index contributed by atoms with van der Waals surface area (Å²) in [5.74, 6) is 0. The van der Waals surface area contributed by atoms with Gasteiger partial charge in [0.25, 0.3) is 0 Å². The van der Waals surface area contributed by atoms with Crippen LogP contribution >= 0.6 is 0 Å². The van der Waals surface area contributed by atoms with Crippen LogP contribution in [0.3, 0.4) is 0 Å². The summed E-state index contributed by atoms with van der Waals surface area (Å²) in [5, 5.41) is 0. The molecule has 0 aromatic heterocycles. The van der Waals surface area contributed by atoms with Gasteiger partial charge in [0.15, 0.2) is 0 Å². The summed E-state index contributed by atoms with van der Waals surface area (Å²) in [6.07, 6.45) is 27.0. The van der Waals surface area contributed by atoms with E-state index >= 15 is 0 Å². The molecule has 1 rings (SSSR count). The maximum Gasteiger partial charge on any atom is -0.0279 e. The van der Waals surface area contributed by atoms with E-state index in [0.717, 1.165) is 0 Å². The highest BCUT2D eigenvalue weighted by Crippen LogP contribution is 2.12. The lowest BCUT2D eigenvalue weighted by Crippen LogP contribution is -1.85. The van der Waals surface area contributed by atoms with Gasteiger partial charge in [0.2, 0.25) is 0 Å². The molecule has 0 amide bonds. The summed E-state index contributed by atoms with van der Waals surface area (Å²) >= 11 is 0. The average Bonchev–Trinajstić information content (AvgIpc) is 2.65. The number of rotatable bonds is 17. The Bertz CT molecular complexity index is 390. The monoisotopic (exact) mass is 342 g/mol. The molecule has 1 aromatic carbocycles. The van der Waals surface area contributed by atoms with E-state index in [-0.39, 0.29) is 0 Å². The van der Waals surface area contributed by atoms with Crippen LogP contribution in [-0.4, -0.2) is 0 Å². The van der Waals surface area contributed by atoms with Crippen molar-refractivity contribution in [2.24, 2.45) is 0 Å². The second-order valence-corrected chi connectivity index (χ2v) is 7.53. The van der Waals surface area contributed by atoms with E-state index in [4.69, 9.17) is 0 Å². The molecule has 0 bridgehead atoms. The minimum atomic E-state index is 1.25. The molecule has 0 saturated heterocycles. The third kappa shape index (κ3) is 15.0. The molecule has 0 heteroatoms. The minimum Gasteiger partial charge on any atom is -0.0885 e. The molecule has 0 fully saturated rings. The molecule has 0 atom stereocenters. The van der Waals surface area contributed by atoms with Crippen molar-refractivity contribution >= 4 is 0 Å². The van der Waals surface area contributed by atoms with Crippen LogP contribution in [0.4, 0.5) is 0 Å². The average molecular weight is 343 g/mol. The van der Waals surface area contributed by atoms with Crippen molar-refractivity contribution in [3.63, 3.8) is 0 Å². The van der Waals surface area contributed by atoms with Gasteiger partial charge < -0.3 is 0 Å². The first kappa shape index (κ1) is 22.0. The van der Waals surface area contributed by atoms with Gasteiger partial charge >= 0.3 is 0 Å². The second-order valence-electron chi connectivity index (χ2n) is 7.53. The van der Waals surface area contributed by atoms with Gasteiger partial charge in [0.05, 0.1) is 0 Å². The SMILES string of the molecule is CCCCCCCC/C=C\CCCCCCCCCc1ccccc1. The fraction of sp³-hybridized carbons (Fsp3) is 0.680. The number of allylic oxidation sites excluding steroid dienone is 2. The molecule has 1 aromatic rings. The zero-order chi connectivity index (χ0) is 17.8. The van der Waals surface area contributed by atoms with E-state index in [1.807, 2.05) is 0 Å². The predicted octanol–water partition coefficient (Wildman–Crippen LogP) is 8.66.